The van der Waals surface area contributed by atoms with Gasteiger partial charge in [0.1, 0.15) is 5.75 Å². The number of hydrogen-bond donors (Lipinski definition) is 2. The first kappa shape index (κ1) is 15.5. The molecule has 1 aromatic carbocycles. The van der Waals surface area contributed by atoms with Gasteiger partial charge in [-0.2, -0.15) is 0 Å². The van der Waals surface area contributed by atoms with E-state index in [4.69, 9.17) is 4.74 Å². The Morgan fingerprint density at radius 2 is 2.10 bits per heavy atom. The normalized spacial score (nSPS) is 13.7. The Morgan fingerprint density at radius 1 is 1.24 bits per heavy atom. The molecule has 0 fully saturated rings. The van der Waals surface area contributed by atoms with E-state index < -0.39 is 6.10 Å². The Bertz CT molecular complexity index is 545. The number of hydrogen-bond acceptors (Lipinski definition) is 4. The third kappa shape index (κ3) is 4.28. The lowest BCUT2D eigenvalue weighted by Gasteiger charge is -2.23. The fourth-order valence-electron chi connectivity index (χ4n) is 2.28. The lowest BCUT2D eigenvalue weighted by Crippen LogP contribution is -2.34. The van der Waals surface area contributed by atoms with Crippen LogP contribution in [0, 0.1) is 0 Å². The number of methoxy groups -OCH3 is 1. The van der Waals surface area contributed by atoms with Gasteiger partial charge < -0.3 is 15.2 Å². The van der Waals surface area contributed by atoms with Crippen molar-refractivity contribution in [1.29, 1.82) is 0 Å². The van der Waals surface area contributed by atoms with Crippen LogP contribution in [0.3, 0.4) is 0 Å². The van der Waals surface area contributed by atoms with Crippen molar-refractivity contribution in [2.24, 2.45) is 0 Å². The van der Waals surface area contributed by atoms with E-state index >= 15 is 0 Å². The quantitative estimate of drug-likeness (QED) is 0.821. The van der Waals surface area contributed by atoms with Crippen molar-refractivity contribution in [2.75, 3.05) is 7.11 Å². The van der Waals surface area contributed by atoms with E-state index in [1.54, 1.807) is 13.3 Å². The van der Waals surface area contributed by atoms with E-state index in [0.717, 1.165) is 23.4 Å². The summed E-state index contributed by atoms with van der Waals surface area (Å²) in [6, 6.07) is 13.3. The lowest BCUT2D eigenvalue weighted by atomic mass is 10.00. The number of aliphatic hydroxyl groups is 1. The average molecular weight is 286 g/mol. The zero-order valence-corrected chi connectivity index (χ0v) is 12.5. The van der Waals surface area contributed by atoms with Crippen LogP contribution in [0.25, 0.3) is 0 Å². The second-order valence-corrected chi connectivity index (χ2v) is 4.94. The summed E-state index contributed by atoms with van der Waals surface area (Å²) in [5.74, 6) is 0.756. The van der Waals surface area contributed by atoms with Gasteiger partial charge in [0, 0.05) is 18.8 Å². The van der Waals surface area contributed by atoms with Gasteiger partial charge in [-0.15, -0.1) is 0 Å². The van der Waals surface area contributed by atoms with Gasteiger partial charge in [0.05, 0.1) is 18.9 Å². The van der Waals surface area contributed by atoms with Crippen LogP contribution in [0.5, 0.6) is 5.75 Å². The molecule has 0 saturated carbocycles. The van der Waals surface area contributed by atoms with Crippen LogP contribution < -0.4 is 10.1 Å². The molecule has 0 radical (unpaired) electrons. The Morgan fingerprint density at radius 3 is 2.76 bits per heavy atom. The first-order valence-corrected chi connectivity index (χ1v) is 7.20. The van der Waals surface area contributed by atoms with Gasteiger partial charge in [-0.1, -0.05) is 25.1 Å². The molecule has 2 unspecified atom stereocenters. The number of aliphatic hydroxyl groups excluding tert-OH is 1. The van der Waals surface area contributed by atoms with Crippen molar-refractivity contribution in [2.45, 2.75) is 32.0 Å². The smallest absolute Gasteiger partial charge is 0.119 e. The molecule has 1 heterocycles. The zero-order chi connectivity index (χ0) is 15.1. The highest BCUT2D eigenvalue weighted by molar-refractivity contribution is 5.30. The van der Waals surface area contributed by atoms with Crippen molar-refractivity contribution in [3.8, 4) is 5.75 Å². The predicted molar refractivity (Wildman–Crippen MR) is 83.1 cm³/mol. The van der Waals surface area contributed by atoms with Crippen molar-refractivity contribution in [3.63, 3.8) is 0 Å². The minimum Gasteiger partial charge on any atom is -0.497 e. The highest BCUT2D eigenvalue weighted by atomic mass is 16.5. The molecule has 2 atom stereocenters. The first-order chi connectivity index (χ1) is 10.2. The number of ether oxygens (including phenoxy) is 1. The number of benzene rings is 1. The van der Waals surface area contributed by atoms with E-state index in [1.807, 2.05) is 42.5 Å². The molecule has 112 valence electrons. The van der Waals surface area contributed by atoms with Gasteiger partial charge in [-0.3, -0.25) is 4.98 Å². The summed E-state index contributed by atoms with van der Waals surface area (Å²) in [7, 11) is 1.63. The lowest BCUT2D eigenvalue weighted by molar-refractivity contribution is 0.124. The van der Waals surface area contributed by atoms with Crippen molar-refractivity contribution in [1.82, 2.24) is 10.3 Å². The maximum absolute atomic E-state index is 10.5. The van der Waals surface area contributed by atoms with E-state index in [0.29, 0.717) is 6.54 Å². The minimum absolute atomic E-state index is 0.0286. The molecule has 0 aliphatic carbocycles. The summed E-state index contributed by atoms with van der Waals surface area (Å²) >= 11 is 0. The Labute approximate surface area is 125 Å². The molecule has 0 spiro atoms. The number of aromatic nitrogens is 1. The highest BCUT2D eigenvalue weighted by Gasteiger charge is 2.19. The molecule has 0 saturated heterocycles. The van der Waals surface area contributed by atoms with E-state index in [-0.39, 0.29) is 6.04 Å². The number of nitrogens with zero attached hydrogens (tertiary/aromatic N) is 1. The summed E-state index contributed by atoms with van der Waals surface area (Å²) in [5.41, 5.74) is 1.82. The van der Waals surface area contributed by atoms with Crippen molar-refractivity contribution in [3.05, 3.63) is 59.9 Å². The van der Waals surface area contributed by atoms with E-state index in [2.05, 4.69) is 17.2 Å². The molecule has 2 rings (SSSR count). The summed E-state index contributed by atoms with van der Waals surface area (Å²) in [4.78, 5) is 4.28. The fraction of sp³-hybridized carbons (Fsp3) is 0.353. The van der Waals surface area contributed by atoms with Gasteiger partial charge in [-0.05, 0) is 36.2 Å². The summed E-state index contributed by atoms with van der Waals surface area (Å²) in [6.45, 7) is 2.69. The standard InChI is InChI=1S/C17H22N2O2/c1-3-16(19-12-14-8-4-5-10-18-14)17(20)13-7-6-9-15(11-13)21-2/h4-11,16-17,19-20H,3,12H2,1-2H3. The fourth-order valence-corrected chi connectivity index (χ4v) is 2.28. The van der Waals surface area contributed by atoms with Gasteiger partial charge in [0.15, 0.2) is 0 Å². The predicted octanol–water partition coefficient (Wildman–Crippen LogP) is 2.69. The molecule has 0 aliphatic rings. The number of nitrogens with one attached hydrogen (secondary N) is 1. The minimum atomic E-state index is -0.575. The van der Waals surface area contributed by atoms with Gasteiger partial charge in [0.25, 0.3) is 0 Å². The monoisotopic (exact) mass is 286 g/mol. The molecule has 0 aliphatic heterocycles. The summed E-state index contributed by atoms with van der Waals surface area (Å²) < 4.78 is 5.21. The Hall–Kier alpha value is -1.91. The molecule has 0 amide bonds. The van der Waals surface area contributed by atoms with Gasteiger partial charge in [-0.25, -0.2) is 0 Å². The maximum Gasteiger partial charge on any atom is 0.119 e. The van der Waals surface area contributed by atoms with Gasteiger partial charge >= 0.3 is 0 Å². The third-order valence-corrected chi connectivity index (χ3v) is 3.53. The highest BCUT2D eigenvalue weighted by Crippen LogP contribution is 2.23. The van der Waals surface area contributed by atoms with Crippen LogP contribution in [-0.2, 0) is 6.54 Å². The van der Waals surface area contributed by atoms with Crippen LogP contribution in [0.15, 0.2) is 48.7 Å². The van der Waals surface area contributed by atoms with Crippen LogP contribution in [0.2, 0.25) is 0 Å². The molecule has 1 aromatic heterocycles. The van der Waals surface area contributed by atoms with Gasteiger partial charge in [0.2, 0.25) is 0 Å². The summed E-state index contributed by atoms with van der Waals surface area (Å²) in [6.07, 6.45) is 2.02. The third-order valence-electron chi connectivity index (χ3n) is 3.53. The van der Waals surface area contributed by atoms with Crippen molar-refractivity contribution < 1.29 is 9.84 Å². The largest absolute Gasteiger partial charge is 0.497 e. The molecular formula is C17H22N2O2. The molecule has 2 N–H and O–H groups in total. The maximum atomic E-state index is 10.5. The first-order valence-electron chi connectivity index (χ1n) is 7.20. The second kappa shape index (κ2) is 7.76. The molecule has 4 nitrogen and oxygen atoms in total. The topological polar surface area (TPSA) is 54.4 Å². The van der Waals surface area contributed by atoms with Crippen LogP contribution >= 0.6 is 0 Å². The van der Waals surface area contributed by atoms with Crippen LogP contribution in [0.1, 0.15) is 30.7 Å². The zero-order valence-electron chi connectivity index (χ0n) is 12.5. The SMILES string of the molecule is CCC(NCc1ccccn1)C(O)c1cccc(OC)c1. The molecule has 4 heteroatoms. The molecular weight excluding hydrogens is 264 g/mol. The molecule has 2 aromatic rings. The number of pyridine rings is 1. The van der Waals surface area contributed by atoms with E-state index in [9.17, 15) is 5.11 Å². The summed E-state index contributed by atoms with van der Waals surface area (Å²) in [5, 5.41) is 13.9. The number of rotatable bonds is 7. The van der Waals surface area contributed by atoms with Crippen molar-refractivity contribution >= 4 is 0 Å². The second-order valence-electron chi connectivity index (χ2n) is 4.94. The molecule has 0 bridgehead atoms. The van der Waals surface area contributed by atoms with E-state index in [1.165, 1.54) is 0 Å². The Balaban J connectivity index is 2.02. The average Bonchev–Trinajstić information content (AvgIpc) is 2.56. The van der Waals surface area contributed by atoms with Crippen LogP contribution in [0.4, 0.5) is 0 Å². The van der Waals surface area contributed by atoms with Crippen LogP contribution in [-0.4, -0.2) is 23.2 Å². The Kier molecular flexibility index (Phi) is 5.72. The molecule has 21 heavy (non-hydrogen) atoms.